The van der Waals surface area contributed by atoms with Crippen LogP contribution in [0.25, 0.3) is 0 Å². The Morgan fingerprint density at radius 2 is 1.86 bits per heavy atom. The van der Waals surface area contributed by atoms with E-state index < -0.39 is 23.1 Å². The minimum Gasteiger partial charge on any atom is -0.494 e. The fourth-order valence-electron chi connectivity index (χ4n) is 2.64. The zero-order valence-corrected chi connectivity index (χ0v) is 14.7. The monoisotopic (exact) mass is 379 g/mol. The van der Waals surface area contributed by atoms with E-state index in [9.17, 15) is 19.5 Å². The van der Waals surface area contributed by atoms with Gasteiger partial charge in [-0.1, -0.05) is 36.4 Å². The molecule has 0 bridgehead atoms. The summed E-state index contributed by atoms with van der Waals surface area (Å²) in [6.45, 7) is 0.167. The van der Waals surface area contributed by atoms with E-state index in [1.165, 1.54) is 18.2 Å². The number of aromatic amines is 1. The maximum absolute atomic E-state index is 12.1. The third-order valence-electron chi connectivity index (χ3n) is 4.11. The zero-order valence-electron chi connectivity index (χ0n) is 14.7. The Bertz CT molecular complexity index is 1150. The fourth-order valence-corrected chi connectivity index (χ4v) is 2.64. The molecule has 8 nitrogen and oxygen atoms in total. The molecule has 0 radical (unpaired) electrons. The molecule has 3 rings (SSSR count). The summed E-state index contributed by atoms with van der Waals surface area (Å²) in [6.07, 6.45) is 1.59. The van der Waals surface area contributed by atoms with Crippen molar-refractivity contribution in [3.05, 3.63) is 92.1 Å². The molecule has 0 fully saturated rings. The third kappa shape index (κ3) is 4.24. The van der Waals surface area contributed by atoms with Crippen molar-refractivity contribution in [1.82, 2.24) is 9.55 Å². The number of benzene rings is 2. The van der Waals surface area contributed by atoms with Crippen molar-refractivity contribution in [1.29, 1.82) is 0 Å². The van der Waals surface area contributed by atoms with Crippen LogP contribution in [0.5, 0.6) is 5.88 Å². The maximum atomic E-state index is 12.1. The summed E-state index contributed by atoms with van der Waals surface area (Å²) < 4.78 is 1.06. The molecule has 0 aliphatic rings. The van der Waals surface area contributed by atoms with Gasteiger partial charge in [-0.15, -0.1) is 0 Å². The number of nitrogens with zero attached hydrogens (tertiary/aromatic N) is 2. The van der Waals surface area contributed by atoms with Gasteiger partial charge in [0, 0.05) is 12.8 Å². The van der Waals surface area contributed by atoms with Crippen LogP contribution in [0.15, 0.2) is 69.2 Å². The van der Waals surface area contributed by atoms with Gasteiger partial charge in [0.15, 0.2) is 0 Å². The molecule has 8 heteroatoms. The van der Waals surface area contributed by atoms with Gasteiger partial charge >= 0.3 is 11.7 Å². The molecule has 0 saturated heterocycles. The van der Waals surface area contributed by atoms with Crippen LogP contribution in [0.3, 0.4) is 0 Å². The van der Waals surface area contributed by atoms with Crippen LogP contribution < -0.4 is 11.2 Å². The number of aromatic nitrogens is 2. The number of aromatic carboxylic acids is 1. The summed E-state index contributed by atoms with van der Waals surface area (Å²) in [6, 6.07) is 15.2. The van der Waals surface area contributed by atoms with Gasteiger partial charge in [0.25, 0.3) is 5.56 Å². The van der Waals surface area contributed by atoms with E-state index in [4.69, 9.17) is 5.11 Å². The predicted octanol–water partition coefficient (Wildman–Crippen LogP) is 1.93. The second-order valence-corrected chi connectivity index (χ2v) is 6.00. The number of hydrogen-bond acceptors (Lipinski definition) is 5. The Balaban J connectivity index is 1.91. The summed E-state index contributed by atoms with van der Waals surface area (Å²) in [4.78, 5) is 41.4. The van der Waals surface area contributed by atoms with Crippen LogP contribution in [0.4, 0.5) is 5.69 Å². The average Bonchev–Trinajstić information content (AvgIpc) is 2.68. The molecule has 28 heavy (non-hydrogen) atoms. The highest BCUT2D eigenvalue weighted by Crippen LogP contribution is 2.16. The summed E-state index contributed by atoms with van der Waals surface area (Å²) >= 11 is 0. The fraction of sp³-hybridized carbons (Fsp3) is 0.100. The Hall–Kier alpha value is -3.94. The highest BCUT2D eigenvalue weighted by Gasteiger charge is 2.13. The molecule has 142 valence electrons. The molecule has 2 aromatic carbocycles. The quantitative estimate of drug-likeness (QED) is 0.565. The van der Waals surface area contributed by atoms with Crippen molar-refractivity contribution in [3.63, 3.8) is 0 Å². The summed E-state index contributed by atoms with van der Waals surface area (Å²) in [5, 5.41) is 19.4. The summed E-state index contributed by atoms with van der Waals surface area (Å²) in [5.41, 5.74) is -0.379. The topological polar surface area (TPSA) is 125 Å². The van der Waals surface area contributed by atoms with Crippen LogP contribution >= 0.6 is 0 Å². The van der Waals surface area contributed by atoms with E-state index in [-0.39, 0.29) is 17.7 Å². The lowest BCUT2D eigenvalue weighted by Gasteiger charge is -2.09. The molecule has 0 saturated carbocycles. The first-order valence-electron chi connectivity index (χ1n) is 8.43. The number of aromatic hydroxyl groups is 1. The number of carbonyl (C=O) groups is 1. The van der Waals surface area contributed by atoms with Gasteiger partial charge in [0.2, 0.25) is 5.88 Å². The second kappa shape index (κ2) is 8.17. The first-order chi connectivity index (χ1) is 13.5. The second-order valence-electron chi connectivity index (χ2n) is 6.00. The van der Waals surface area contributed by atoms with E-state index in [1.54, 1.807) is 6.07 Å². The standard InChI is InChI=1S/C20H17N3O5/c24-17-16(12-21-15-8-4-7-14(11-15)19(26)27)18(25)23(20(28)22-17)10-9-13-5-2-1-3-6-13/h1-8,11-12,25H,9-10H2,(H,26,27)(H,22,24,28). The van der Waals surface area contributed by atoms with Gasteiger partial charge < -0.3 is 10.2 Å². The molecular formula is C20H17N3O5. The molecule has 0 aliphatic carbocycles. The zero-order chi connectivity index (χ0) is 20.1. The molecule has 0 spiro atoms. The van der Waals surface area contributed by atoms with Crippen molar-refractivity contribution in [2.24, 2.45) is 4.99 Å². The van der Waals surface area contributed by atoms with Gasteiger partial charge in [0.05, 0.1) is 11.3 Å². The Morgan fingerprint density at radius 3 is 2.57 bits per heavy atom. The minimum absolute atomic E-state index is 0.0422. The van der Waals surface area contributed by atoms with E-state index in [1.807, 2.05) is 30.3 Å². The van der Waals surface area contributed by atoms with Crippen LogP contribution in [0.2, 0.25) is 0 Å². The number of carboxylic acids is 1. The highest BCUT2D eigenvalue weighted by molar-refractivity contribution is 5.89. The molecule has 1 aromatic heterocycles. The number of aliphatic imine (C=N–C) groups is 1. The number of H-pyrrole nitrogens is 1. The van der Waals surface area contributed by atoms with Gasteiger partial charge in [0.1, 0.15) is 5.56 Å². The van der Waals surface area contributed by atoms with Crippen molar-refractivity contribution in [2.75, 3.05) is 0 Å². The Morgan fingerprint density at radius 1 is 1.11 bits per heavy atom. The number of hydrogen-bond donors (Lipinski definition) is 3. The van der Waals surface area contributed by atoms with E-state index >= 15 is 0 Å². The molecule has 0 atom stereocenters. The van der Waals surface area contributed by atoms with E-state index in [0.717, 1.165) is 16.3 Å². The molecule has 3 aromatic rings. The molecule has 1 heterocycles. The normalized spacial score (nSPS) is 11.0. The van der Waals surface area contributed by atoms with Gasteiger partial charge in [-0.05, 0) is 30.2 Å². The van der Waals surface area contributed by atoms with Crippen molar-refractivity contribution in [3.8, 4) is 5.88 Å². The Kier molecular flexibility index (Phi) is 5.50. The highest BCUT2D eigenvalue weighted by atomic mass is 16.4. The smallest absolute Gasteiger partial charge is 0.335 e. The molecule has 3 N–H and O–H groups in total. The molecule has 0 unspecified atom stereocenters. The van der Waals surface area contributed by atoms with E-state index in [0.29, 0.717) is 12.1 Å². The largest absolute Gasteiger partial charge is 0.494 e. The van der Waals surface area contributed by atoms with Crippen LogP contribution in [-0.2, 0) is 13.0 Å². The molecule has 0 aliphatic heterocycles. The van der Waals surface area contributed by atoms with Gasteiger partial charge in [-0.25, -0.2) is 9.59 Å². The SMILES string of the molecule is O=C(O)c1cccc(N=Cc2c(O)n(CCc3ccccc3)c(=O)[nH]c2=O)c1. The lowest BCUT2D eigenvalue weighted by atomic mass is 10.1. The first-order valence-corrected chi connectivity index (χ1v) is 8.43. The summed E-state index contributed by atoms with van der Waals surface area (Å²) in [5.74, 6) is -1.60. The average molecular weight is 379 g/mol. The molecule has 0 amide bonds. The van der Waals surface area contributed by atoms with Crippen molar-refractivity contribution >= 4 is 17.9 Å². The number of aryl methyl sites for hydroxylation is 1. The van der Waals surface area contributed by atoms with Crippen molar-refractivity contribution < 1.29 is 15.0 Å². The minimum atomic E-state index is -1.10. The van der Waals surface area contributed by atoms with Crippen LogP contribution in [-0.4, -0.2) is 31.9 Å². The first kappa shape index (κ1) is 18.8. The Labute approximate surface area is 159 Å². The van der Waals surface area contributed by atoms with Gasteiger partial charge in [-0.2, -0.15) is 0 Å². The number of nitrogens with one attached hydrogen (secondary N) is 1. The summed E-state index contributed by atoms with van der Waals surface area (Å²) in [7, 11) is 0. The number of carboxylic acid groups (broad SMARTS) is 1. The molecular weight excluding hydrogens is 362 g/mol. The van der Waals surface area contributed by atoms with Crippen LogP contribution in [0, 0.1) is 0 Å². The van der Waals surface area contributed by atoms with Crippen molar-refractivity contribution in [2.45, 2.75) is 13.0 Å². The van der Waals surface area contributed by atoms with Gasteiger partial charge in [-0.3, -0.25) is 19.3 Å². The van der Waals surface area contributed by atoms with E-state index in [2.05, 4.69) is 9.98 Å². The number of rotatable bonds is 6. The lowest BCUT2D eigenvalue weighted by molar-refractivity contribution is 0.0697. The van der Waals surface area contributed by atoms with Crippen LogP contribution in [0.1, 0.15) is 21.5 Å². The third-order valence-corrected chi connectivity index (χ3v) is 4.11. The maximum Gasteiger partial charge on any atom is 0.335 e. The lowest BCUT2D eigenvalue weighted by Crippen LogP contribution is -2.32. The predicted molar refractivity (Wildman–Crippen MR) is 104 cm³/mol.